The van der Waals surface area contributed by atoms with E-state index in [0.717, 1.165) is 18.5 Å². The first-order valence-electron chi connectivity index (χ1n) is 7.37. The largest absolute Gasteiger partial charge is 0.312 e. The fourth-order valence-electron chi connectivity index (χ4n) is 2.67. The Hall–Kier alpha value is -0.0800. The summed E-state index contributed by atoms with van der Waals surface area (Å²) < 4.78 is 0. The van der Waals surface area contributed by atoms with Crippen molar-refractivity contribution in [3.05, 3.63) is 0 Å². The van der Waals surface area contributed by atoms with Crippen molar-refractivity contribution < 1.29 is 0 Å². The normalized spacial score (nSPS) is 24.9. The molecule has 2 unspecified atom stereocenters. The third-order valence-electron chi connectivity index (χ3n) is 3.77. The summed E-state index contributed by atoms with van der Waals surface area (Å²) in [6.45, 7) is 15.3. The Bertz CT molecular complexity index is 207. The molecule has 0 aromatic carbocycles. The molecule has 0 bridgehead atoms. The van der Waals surface area contributed by atoms with Crippen LogP contribution in [0, 0.1) is 5.92 Å². The maximum atomic E-state index is 3.57. The van der Waals surface area contributed by atoms with Gasteiger partial charge in [-0.05, 0) is 72.4 Å². The number of piperidine rings is 1. The van der Waals surface area contributed by atoms with Crippen molar-refractivity contribution in [3.8, 4) is 0 Å². The third kappa shape index (κ3) is 6.42. The topological polar surface area (TPSA) is 15.3 Å². The van der Waals surface area contributed by atoms with E-state index in [1.165, 1.54) is 38.8 Å². The number of hydrogen-bond acceptors (Lipinski definition) is 2. The van der Waals surface area contributed by atoms with Crippen molar-refractivity contribution in [2.45, 2.75) is 71.9 Å². The molecule has 1 rings (SSSR count). The lowest BCUT2D eigenvalue weighted by atomic mass is 9.98. The zero-order valence-electron chi connectivity index (χ0n) is 12.6. The highest BCUT2D eigenvalue weighted by Crippen LogP contribution is 2.19. The Balaban J connectivity index is 2.14. The second-order valence-electron chi connectivity index (χ2n) is 6.91. The summed E-state index contributed by atoms with van der Waals surface area (Å²) in [6, 6.07) is 0.763. The molecule has 1 aliphatic rings. The predicted molar refractivity (Wildman–Crippen MR) is 76.4 cm³/mol. The van der Waals surface area contributed by atoms with E-state index in [9.17, 15) is 0 Å². The number of hydrogen-bond donors (Lipinski definition) is 1. The summed E-state index contributed by atoms with van der Waals surface area (Å²) in [4.78, 5) is 2.69. The van der Waals surface area contributed by atoms with Crippen LogP contribution >= 0.6 is 0 Å². The molecule has 1 aliphatic heterocycles. The molecule has 1 heterocycles. The second kappa shape index (κ2) is 6.75. The molecule has 0 aliphatic carbocycles. The van der Waals surface area contributed by atoms with Gasteiger partial charge in [0.05, 0.1) is 0 Å². The number of likely N-dealkylation sites (tertiary alicyclic amines) is 1. The van der Waals surface area contributed by atoms with Gasteiger partial charge < -0.3 is 10.2 Å². The molecule has 0 amide bonds. The summed E-state index contributed by atoms with van der Waals surface area (Å²) in [7, 11) is 0. The van der Waals surface area contributed by atoms with E-state index in [1.807, 2.05) is 0 Å². The van der Waals surface area contributed by atoms with Crippen LogP contribution in [0.3, 0.4) is 0 Å². The fraction of sp³-hybridized carbons (Fsp3) is 1.00. The molecule has 2 atom stereocenters. The van der Waals surface area contributed by atoms with Crippen molar-refractivity contribution >= 4 is 0 Å². The third-order valence-corrected chi connectivity index (χ3v) is 3.77. The maximum Gasteiger partial charge on any atom is 0.00965 e. The van der Waals surface area contributed by atoms with Crippen LogP contribution in [-0.4, -0.2) is 36.1 Å². The van der Waals surface area contributed by atoms with Gasteiger partial charge in [-0.1, -0.05) is 6.92 Å². The van der Waals surface area contributed by atoms with Gasteiger partial charge in [0.15, 0.2) is 0 Å². The van der Waals surface area contributed by atoms with Crippen molar-refractivity contribution in [3.63, 3.8) is 0 Å². The highest BCUT2D eigenvalue weighted by atomic mass is 15.2. The van der Waals surface area contributed by atoms with Crippen LogP contribution in [0.2, 0.25) is 0 Å². The van der Waals surface area contributed by atoms with Crippen LogP contribution in [0.5, 0.6) is 0 Å². The smallest absolute Gasteiger partial charge is 0.00965 e. The Morgan fingerprint density at radius 3 is 2.65 bits per heavy atom. The van der Waals surface area contributed by atoms with E-state index < -0.39 is 0 Å². The molecule has 1 saturated heterocycles. The van der Waals surface area contributed by atoms with E-state index in [4.69, 9.17) is 0 Å². The summed E-state index contributed by atoms with van der Waals surface area (Å²) in [5.74, 6) is 0.902. The summed E-state index contributed by atoms with van der Waals surface area (Å²) >= 11 is 0. The summed E-state index contributed by atoms with van der Waals surface area (Å²) in [6.07, 6.45) is 5.44. The molecule has 17 heavy (non-hydrogen) atoms. The molecular weight excluding hydrogens is 208 g/mol. The predicted octanol–water partition coefficient (Wildman–Crippen LogP) is 3.28. The van der Waals surface area contributed by atoms with Crippen LogP contribution in [0.1, 0.15) is 60.3 Å². The minimum Gasteiger partial charge on any atom is -0.312 e. The lowest BCUT2D eigenvalue weighted by Gasteiger charge is -2.35. The highest BCUT2D eigenvalue weighted by molar-refractivity contribution is 4.76. The van der Waals surface area contributed by atoms with Crippen molar-refractivity contribution in [1.29, 1.82) is 0 Å². The highest BCUT2D eigenvalue weighted by Gasteiger charge is 2.20. The molecule has 2 heteroatoms. The zero-order chi connectivity index (χ0) is 12.9. The average molecular weight is 240 g/mol. The Labute approximate surface area is 108 Å². The van der Waals surface area contributed by atoms with Gasteiger partial charge in [-0.2, -0.15) is 0 Å². The molecule has 0 saturated carbocycles. The van der Waals surface area contributed by atoms with E-state index in [2.05, 4.69) is 44.8 Å². The Kier molecular flexibility index (Phi) is 5.94. The van der Waals surface area contributed by atoms with Crippen LogP contribution in [0.4, 0.5) is 0 Å². The van der Waals surface area contributed by atoms with Gasteiger partial charge >= 0.3 is 0 Å². The molecule has 0 radical (unpaired) electrons. The number of nitrogens with one attached hydrogen (secondary N) is 1. The quantitative estimate of drug-likeness (QED) is 0.742. The van der Waals surface area contributed by atoms with Crippen LogP contribution in [0.15, 0.2) is 0 Å². The summed E-state index contributed by atoms with van der Waals surface area (Å²) in [5, 5.41) is 3.57. The first kappa shape index (κ1) is 15.0. The van der Waals surface area contributed by atoms with Crippen molar-refractivity contribution in [1.82, 2.24) is 10.2 Å². The fourth-order valence-corrected chi connectivity index (χ4v) is 2.67. The maximum absolute atomic E-state index is 3.57. The van der Waals surface area contributed by atoms with E-state index >= 15 is 0 Å². The van der Waals surface area contributed by atoms with Crippen molar-refractivity contribution in [2.24, 2.45) is 5.92 Å². The minimum atomic E-state index is 0.267. The summed E-state index contributed by atoms with van der Waals surface area (Å²) in [5.41, 5.74) is 0.267. The number of rotatable bonds is 5. The Morgan fingerprint density at radius 1 is 1.35 bits per heavy atom. The second-order valence-corrected chi connectivity index (χ2v) is 6.91. The van der Waals surface area contributed by atoms with Gasteiger partial charge in [0.1, 0.15) is 0 Å². The number of nitrogens with zero attached hydrogens (tertiary/aromatic N) is 1. The first-order chi connectivity index (χ1) is 7.88. The van der Waals surface area contributed by atoms with Gasteiger partial charge in [0, 0.05) is 18.1 Å². The van der Waals surface area contributed by atoms with Gasteiger partial charge in [-0.3, -0.25) is 0 Å². The van der Waals surface area contributed by atoms with E-state index in [0.29, 0.717) is 0 Å². The monoisotopic (exact) mass is 240 g/mol. The zero-order valence-corrected chi connectivity index (χ0v) is 12.6. The van der Waals surface area contributed by atoms with E-state index in [-0.39, 0.29) is 5.54 Å². The average Bonchev–Trinajstić information content (AvgIpc) is 2.23. The molecule has 0 spiro atoms. The van der Waals surface area contributed by atoms with Crippen LogP contribution in [0.25, 0.3) is 0 Å². The molecule has 1 fully saturated rings. The lowest BCUT2D eigenvalue weighted by Crippen LogP contribution is -2.41. The van der Waals surface area contributed by atoms with Gasteiger partial charge in [-0.25, -0.2) is 0 Å². The molecule has 2 nitrogen and oxygen atoms in total. The molecule has 0 aromatic heterocycles. The standard InChI is InChI=1S/C15H32N2/c1-13-8-7-11-17(12-13)14(2)9-6-10-16-15(3,4)5/h13-14,16H,6-12H2,1-5H3. The van der Waals surface area contributed by atoms with Crippen molar-refractivity contribution in [2.75, 3.05) is 19.6 Å². The minimum absolute atomic E-state index is 0.267. The first-order valence-corrected chi connectivity index (χ1v) is 7.37. The van der Waals surface area contributed by atoms with Gasteiger partial charge in [0.25, 0.3) is 0 Å². The SMILES string of the molecule is CC1CCCN(C(C)CCCNC(C)(C)C)C1. The van der Waals surface area contributed by atoms with Gasteiger partial charge in [0.2, 0.25) is 0 Å². The Morgan fingerprint density at radius 2 is 2.06 bits per heavy atom. The molecule has 102 valence electrons. The molecule has 1 N–H and O–H groups in total. The van der Waals surface area contributed by atoms with Crippen LogP contribution < -0.4 is 5.32 Å². The van der Waals surface area contributed by atoms with Crippen LogP contribution in [-0.2, 0) is 0 Å². The van der Waals surface area contributed by atoms with E-state index in [1.54, 1.807) is 0 Å². The lowest BCUT2D eigenvalue weighted by molar-refractivity contribution is 0.131. The molecule has 0 aromatic rings. The van der Waals surface area contributed by atoms with Gasteiger partial charge in [-0.15, -0.1) is 0 Å². The molecular formula is C15H32N2.